The molecule has 0 saturated heterocycles. The standard InChI is InChI=1S/C14H20N2O4S/c1-3-20-12(18)7-10-9-21-13(15-10)16-11(17)8-14(19-2)5-4-6-14/h9H,3-8H2,1-2H3,(H,15,16,17). The van der Waals surface area contributed by atoms with Crippen molar-refractivity contribution >= 4 is 28.3 Å². The number of hydrogen-bond acceptors (Lipinski definition) is 6. The number of ether oxygens (including phenoxy) is 2. The van der Waals surface area contributed by atoms with Gasteiger partial charge in [-0.15, -0.1) is 11.3 Å². The quantitative estimate of drug-likeness (QED) is 0.781. The number of rotatable bonds is 7. The van der Waals surface area contributed by atoms with Gasteiger partial charge in [-0.25, -0.2) is 4.98 Å². The second-order valence-corrected chi connectivity index (χ2v) is 5.95. The van der Waals surface area contributed by atoms with Crippen molar-refractivity contribution in [2.75, 3.05) is 19.0 Å². The average molecular weight is 312 g/mol. The topological polar surface area (TPSA) is 77.5 Å². The van der Waals surface area contributed by atoms with Crippen LogP contribution in [0.15, 0.2) is 5.38 Å². The fraction of sp³-hybridized carbons (Fsp3) is 0.643. The SMILES string of the molecule is CCOC(=O)Cc1csc(NC(=O)CC2(OC)CCC2)n1. The van der Waals surface area contributed by atoms with Crippen LogP contribution >= 0.6 is 11.3 Å². The van der Waals surface area contributed by atoms with Crippen LogP contribution in [-0.4, -0.2) is 36.2 Å². The Morgan fingerprint density at radius 1 is 1.48 bits per heavy atom. The number of carbonyl (C=O) groups is 2. The number of thiazole rings is 1. The van der Waals surface area contributed by atoms with E-state index in [0.29, 0.717) is 23.9 Å². The lowest BCUT2D eigenvalue weighted by Crippen LogP contribution is -2.42. The first-order chi connectivity index (χ1) is 10.1. The van der Waals surface area contributed by atoms with E-state index in [1.54, 1.807) is 19.4 Å². The molecular formula is C14H20N2O4S. The second-order valence-electron chi connectivity index (χ2n) is 5.09. The molecule has 1 heterocycles. The Hall–Kier alpha value is -1.47. The fourth-order valence-corrected chi connectivity index (χ4v) is 3.01. The van der Waals surface area contributed by atoms with E-state index in [1.165, 1.54) is 11.3 Å². The van der Waals surface area contributed by atoms with Gasteiger partial charge in [-0.2, -0.15) is 0 Å². The van der Waals surface area contributed by atoms with Gasteiger partial charge in [0.25, 0.3) is 0 Å². The summed E-state index contributed by atoms with van der Waals surface area (Å²) in [5.74, 6) is -0.415. The molecular weight excluding hydrogens is 292 g/mol. The van der Waals surface area contributed by atoms with Crippen molar-refractivity contribution in [1.82, 2.24) is 4.98 Å². The first kappa shape index (κ1) is 15.9. The van der Waals surface area contributed by atoms with Gasteiger partial charge in [0, 0.05) is 12.5 Å². The summed E-state index contributed by atoms with van der Waals surface area (Å²) >= 11 is 1.31. The van der Waals surface area contributed by atoms with E-state index < -0.39 is 0 Å². The Labute approximate surface area is 127 Å². The van der Waals surface area contributed by atoms with Crippen LogP contribution in [0.2, 0.25) is 0 Å². The minimum atomic E-state index is -0.312. The van der Waals surface area contributed by atoms with E-state index in [0.717, 1.165) is 19.3 Å². The number of anilines is 1. The fourth-order valence-electron chi connectivity index (χ4n) is 2.29. The molecule has 1 fully saturated rings. The summed E-state index contributed by atoms with van der Waals surface area (Å²) in [5, 5.41) is 5.02. The monoisotopic (exact) mass is 312 g/mol. The zero-order valence-electron chi connectivity index (χ0n) is 12.3. The predicted molar refractivity (Wildman–Crippen MR) is 79.3 cm³/mol. The lowest BCUT2D eigenvalue weighted by atomic mass is 9.77. The molecule has 1 amide bonds. The first-order valence-electron chi connectivity index (χ1n) is 7.02. The molecule has 0 unspecified atom stereocenters. The van der Waals surface area contributed by atoms with Crippen molar-refractivity contribution in [3.05, 3.63) is 11.1 Å². The van der Waals surface area contributed by atoms with E-state index in [1.807, 2.05) is 0 Å². The van der Waals surface area contributed by atoms with Gasteiger partial charge >= 0.3 is 5.97 Å². The summed E-state index contributed by atoms with van der Waals surface area (Å²) in [7, 11) is 1.65. The van der Waals surface area contributed by atoms with Crippen molar-refractivity contribution < 1.29 is 19.1 Å². The zero-order chi connectivity index (χ0) is 15.3. The summed E-state index contributed by atoms with van der Waals surface area (Å²) in [6.07, 6.45) is 3.41. The van der Waals surface area contributed by atoms with Crippen LogP contribution in [-0.2, 0) is 25.5 Å². The van der Waals surface area contributed by atoms with Crippen LogP contribution in [0.3, 0.4) is 0 Å². The molecule has 0 radical (unpaired) electrons. The molecule has 7 heteroatoms. The van der Waals surface area contributed by atoms with Gasteiger partial charge in [0.1, 0.15) is 0 Å². The molecule has 1 N–H and O–H groups in total. The second kappa shape index (κ2) is 7.00. The molecule has 1 aliphatic rings. The molecule has 0 spiro atoms. The molecule has 0 aliphatic heterocycles. The molecule has 0 aromatic carbocycles. The van der Waals surface area contributed by atoms with E-state index in [4.69, 9.17) is 9.47 Å². The van der Waals surface area contributed by atoms with Crippen molar-refractivity contribution in [3.8, 4) is 0 Å². The summed E-state index contributed by atoms with van der Waals surface area (Å²) in [4.78, 5) is 27.6. The normalized spacial score (nSPS) is 16.1. The number of nitrogens with zero attached hydrogens (tertiary/aromatic N) is 1. The highest BCUT2D eigenvalue weighted by Gasteiger charge is 2.39. The highest BCUT2D eigenvalue weighted by Crippen LogP contribution is 2.38. The van der Waals surface area contributed by atoms with Gasteiger partial charge in [-0.1, -0.05) is 0 Å². The van der Waals surface area contributed by atoms with Gasteiger partial charge < -0.3 is 14.8 Å². The first-order valence-corrected chi connectivity index (χ1v) is 7.90. The molecule has 0 atom stereocenters. The molecule has 116 valence electrons. The summed E-state index contributed by atoms with van der Waals surface area (Å²) in [5.41, 5.74) is 0.314. The third-order valence-corrected chi connectivity index (χ3v) is 4.42. The van der Waals surface area contributed by atoms with Crippen LogP contribution in [0.4, 0.5) is 5.13 Å². The van der Waals surface area contributed by atoms with Crippen LogP contribution in [0.1, 0.15) is 38.3 Å². The number of esters is 1. The average Bonchev–Trinajstić information content (AvgIpc) is 2.81. The molecule has 1 aromatic heterocycles. The lowest BCUT2D eigenvalue weighted by molar-refractivity contribution is -0.142. The van der Waals surface area contributed by atoms with Gasteiger partial charge in [-0.05, 0) is 26.2 Å². The van der Waals surface area contributed by atoms with Crippen molar-refractivity contribution in [3.63, 3.8) is 0 Å². The van der Waals surface area contributed by atoms with Gasteiger partial charge in [0.2, 0.25) is 5.91 Å². The van der Waals surface area contributed by atoms with Crippen LogP contribution in [0.5, 0.6) is 0 Å². The van der Waals surface area contributed by atoms with E-state index in [9.17, 15) is 9.59 Å². The Morgan fingerprint density at radius 2 is 2.24 bits per heavy atom. The third kappa shape index (κ3) is 4.25. The Kier molecular flexibility index (Phi) is 5.30. The Morgan fingerprint density at radius 3 is 2.81 bits per heavy atom. The van der Waals surface area contributed by atoms with Crippen LogP contribution < -0.4 is 5.32 Å². The van der Waals surface area contributed by atoms with E-state index in [2.05, 4.69) is 10.3 Å². The minimum Gasteiger partial charge on any atom is -0.466 e. The lowest BCUT2D eigenvalue weighted by Gasteiger charge is -2.39. The highest BCUT2D eigenvalue weighted by molar-refractivity contribution is 7.13. The molecule has 1 aliphatic carbocycles. The summed E-state index contributed by atoms with van der Waals surface area (Å²) in [6, 6.07) is 0. The zero-order valence-corrected chi connectivity index (χ0v) is 13.1. The van der Waals surface area contributed by atoms with Gasteiger partial charge in [-0.3, -0.25) is 9.59 Å². The van der Waals surface area contributed by atoms with Crippen LogP contribution in [0, 0.1) is 0 Å². The van der Waals surface area contributed by atoms with Crippen molar-refractivity contribution in [1.29, 1.82) is 0 Å². The molecule has 2 rings (SSSR count). The highest BCUT2D eigenvalue weighted by atomic mass is 32.1. The van der Waals surface area contributed by atoms with Crippen LogP contribution in [0.25, 0.3) is 0 Å². The molecule has 21 heavy (non-hydrogen) atoms. The molecule has 1 aromatic rings. The largest absolute Gasteiger partial charge is 0.466 e. The summed E-state index contributed by atoms with van der Waals surface area (Å²) < 4.78 is 10.3. The Balaban J connectivity index is 1.84. The maximum absolute atomic E-state index is 12.0. The smallest absolute Gasteiger partial charge is 0.311 e. The van der Waals surface area contributed by atoms with Crippen molar-refractivity contribution in [2.45, 2.75) is 44.6 Å². The molecule has 0 bridgehead atoms. The Bertz CT molecular complexity index is 505. The van der Waals surface area contributed by atoms with E-state index in [-0.39, 0.29) is 23.9 Å². The molecule has 6 nitrogen and oxygen atoms in total. The number of nitrogens with one attached hydrogen (secondary N) is 1. The third-order valence-electron chi connectivity index (χ3n) is 3.61. The number of methoxy groups -OCH3 is 1. The predicted octanol–water partition coefficient (Wildman–Crippen LogP) is 2.15. The number of amides is 1. The number of hydrogen-bond donors (Lipinski definition) is 1. The summed E-state index contributed by atoms with van der Waals surface area (Å²) in [6.45, 7) is 2.11. The maximum atomic E-state index is 12.0. The van der Waals surface area contributed by atoms with E-state index >= 15 is 0 Å². The number of carbonyl (C=O) groups excluding carboxylic acids is 2. The van der Waals surface area contributed by atoms with Gasteiger partial charge in [0.05, 0.1) is 30.7 Å². The van der Waals surface area contributed by atoms with Gasteiger partial charge in [0.15, 0.2) is 5.13 Å². The van der Waals surface area contributed by atoms with Crippen molar-refractivity contribution in [2.24, 2.45) is 0 Å². The number of aromatic nitrogens is 1. The maximum Gasteiger partial charge on any atom is 0.311 e. The molecule has 1 saturated carbocycles. The minimum absolute atomic E-state index is 0.103.